The number of hydrogen-bond acceptors (Lipinski definition) is 6. The number of H-pyrrole nitrogens is 1. The van der Waals surface area contributed by atoms with E-state index in [1.165, 1.54) is 0 Å². The summed E-state index contributed by atoms with van der Waals surface area (Å²) in [5.41, 5.74) is 2.16. The minimum atomic E-state index is -0.166. The van der Waals surface area contributed by atoms with E-state index in [-0.39, 0.29) is 12.4 Å². The van der Waals surface area contributed by atoms with E-state index in [9.17, 15) is 4.79 Å². The first-order valence-corrected chi connectivity index (χ1v) is 10.6. The number of nitrogens with zero attached hydrogens (tertiary/aromatic N) is 1. The summed E-state index contributed by atoms with van der Waals surface area (Å²) in [4.78, 5) is 17.7. The van der Waals surface area contributed by atoms with Crippen LogP contribution in [0.4, 0.5) is 0 Å². The summed E-state index contributed by atoms with van der Waals surface area (Å²) in [6.07, 6.45) is 0. The third-order valence-corrected chi connectivity index (χ3v) is 5.57. The van der Waals surface area contributed by atoms with Crippen molar-refractivity contribution in [3.8, 4) is 17.2 Å². The van der Waals surface area contributed by atoms with Crippen LogP contribution >= 0.6 is 12.2 Å². The van der Waals surface area contributed by atoms with E-state index in [0.717, 1.165) is 22.2 Å². The predicted octanol–water partition coefficient (Wildman–Crippen LogP) is 2.79. The van der Waals surface area contributed by atoms with Crippen molar-refractivity contribution in [2.75, 3.05) is 34.2 Å². The smallest absolute Gasteiger partial charge is 0.253 e. The first-order valence-electron chi connectivity index (χ1n) is 10.2. The summed E-state index contributed by atoms with van der Waals surface area (Å²) in [5.74, 6) is 2.12. The molecule has 1 aromatic heterocycles. The number of ether oxygens (including phenoxy) is 4. The standard InChI is InChI=1S/C23H25N3O5S/c1-28-8-7-24-23(32)26(12-15-3-6-20-21(9-15)31-14-30-20)13-17-10-16-4-5-18(29-2)11-19(16)25-22(17)27/h3-6,9-11H,7-8,12-14H2,1-2H3,(H,24,32)(H,25,27). The Morgan fingerprint density at radius 1 is 1.12 bits per heavy atom. The fraction of sp³-hybridized carbons (Fsp3) is 0.304. The number of rotatable bonds is 8. The van der Waals surface area contributed by atoms with Crippen molar-refractivity contribution in [1.82, 2.24) is 15.2 Å². The molecule has 1 aliphatic heterocycles. The largest absolute Gasteiger partial charge is 0.497 e. The van der Waals surface area contributed by atoms with Gasteiger partial charge in [-0.2, -0.15) is 0 Å². The molecule has 2 heterocycles. The van der Waals surface area contributed by atoms with Gasteiger partial charge < -0.3 is 34.1 Å². The molecule has 32 heavy (non-hydrogen) atoms. The van der Waals surface area contributed by atoms with Gasteiger partial charge >= 0.3 is 0 Å². The second-order valence-electron chi connectivity index (χ2n) is 7.35. The third kappa shape index (κ3) is 4.95. The summed E-state index contributed by atoms with van der Waals surface area (Å²) in [6.45, 7) is 2.15. The highest BCUT2D eigenvalue weighted by atomic mass is 32.1. The van der Waals surface area contributed by atoms with Gasteiger partial charge in [0.15, 0.2) is 16.6 Å². The molecule has 2 N–H and O–H groups in total. The molecule has 4 rings (SSSR count). The van der Waals surface area contributed by atoms with Gasteiger partial charge in [0, 0.05) is 31.8 Å². The highest BCUT2D eigenvalue weighted by Gasteiger charge is 2.17. The molecule has 0 radical (unpaired) electrons. The predicted molar refractivity (Wildman–Crippen MR) is 125 cm³/mol. The molecule has 9 heteroatoms. The van der Waals surface area contributed by atoms with Gasteiger partial charge in [-0.3, -0.25) is 4.79 Å². The number of thiocarbonyl (C=S) groups is 1. The minimum Gasteiger partial charge on any atom is -0.497 e. The van der Waals surface area contributed by atoms with Crippen LogP contribution in [0.5, 0.6) is 17.2 Å². The number of fused-ring (bicyclic) bond motifs is 2. The lowest BCUT2D eigenvalue weighted by Gasteiger charge is -2.26. The van der Waals surface area contributed by atoms with Crippen LogP contribution in [0.25, 0.3) is 10.9 Å². The zero-order valence-electron chi connectivity index (χ0n) is 18.0. The van der Waals surface area contributed by atoms with E-state index in [0.29, 0.717) is 48.4 Å². The first kappa shape index (κ1) is 21.9. The maximum absolute atomic E-state index is 12.8. The van der Waals surface area contributed by atoms with Crippen molar-refractivity contribution >= 4 is 28.2 Å². The van der Waals surface area contributed by atoms with Crippen molar-refractivity contribution in [3.05, 3.63) is 63.9 Å². The number of benzene rings is 2. The number of aromatic nitrogens is 1. The fourth-order valence-corrected chi connectivity index (χ4v) is 3.74. The molecular weight excluding hydrogens is 430 g/mol. The second kappa shape index (κ2) is 9.88. The average Bonchev–Trinajstić information content (AvgIpc) is 3.26. The lowest BCUT2D eigenvalue weighted by atomic mass is 10.1. The van der Waals surface area contributed by atoms with Crippen molar-refractivity contribution in [3.63, 3.8) is 0 Å². The number of nitrogens with one attached hydrogen (secondary N) is 2. The van der Waals surface area contributed by atoms with E-state index in [1.54, 1.807) is 14.2 Å². The zero-order valence-corrected chi connectivity index (χ0v) is 18.8. The SMILES string of the molecule is COCCNC(=S)N(Cc1ccc2c(c1)OCO2)Cc1cc2ccc(OC)cc2[nH]c1=O. The van der Waals surface area contributed by atoms with Crippen molar-refractivity contribution < 1.29 is 18.9 Å². The highest BCUT2D eigenvalue weighted by molar-refractivity contribution is 7.80. The molecule has 0 saturated carbocycles. The molecule has 0 unspecified atom stereocenters. The first-order chi connectivity index (χ1) is 15.6. The summed E-state index contributed by atoms with van der Waals surface area (Å²) in [6, 6.07) is 13.3. The molecule has 0 bridgehead atoms. The molecule has 0 saturated heterocycles. The topological polar surface area (TPSA) is 85.1 Å². The minimum absolute atomic E-state index is 0.166. The number of pyridine rings is 1. The Morgan fingerprint density at radius 3 is 2.78 bits per heavy atom. The van der Waals surface area contributed by atoms with Gasteiger partial charge in [0.25, 0.3) is 5.56 Å². The average molecular weight is 456 g/mol. The number of hydrogen-bond donors (Lipinski definition) is 2. The molecule has 3 aromatic rings. The van der Waals surface area contributed by atoms with Crippen LogP contribution in [0.2, 0.25) is 0 Å². The van der Waals surface area contributed by atoms with Gasteiger partial charge in [-0.25, -0.2) is 0 Å². The second-order valence-corrected chi connectivity index (χ2v) is 7.73. The Kier molecular flexibility index (Phi) is 6.77. The van der Waals surface area contributed by atoms with Crippen LogP contribution in [0.1, 0.15) is 11.1 Å². The molecule has 0 aliphatic carbocycles. The molecule has 0 amide bonds. The van der Waals surface area contributed by atoms with E-state index in [2.05, 4.69) is 10.3 Å². The molecule has 168 valence electrons. The third-order valence-electron chi connectivity index (χ3n) is 5.17. The summed E-state index contributed by atoms with van der Waals surface area (Å²) < 4.78 is 21.2. The van der Waals surface area contributed by atoms with Gasteiger partial charge in [-0.05, 0) is 53.5 Å². The normalized spacial score (nSPS) is 12.1. The number of methoxy groups -OCH3 is 2. The highest BCUT2D eigenvalue weighted by Crippen LogP contribution is 2.33. The van der Waals surface area contributed by atoms with Crippen LogP contribution in [-0.4, -0.2) is 49.2 Å². The van der Waals surface area contributed by atoms with Crippen LogP contribution in [0.15, 0.2) is 47.3 Å². The van der Waals surface area contributed by atoms with Crippen molar-refractivity contribution in [1.29, 1.82) is 0 Å². The van der Waals surface area contributed by atoms with E-state index in [4.69, 9.17) is 31.2 Å². The Hall–Kier alpha value is -3.30. The Bertz CT molecular complexity index is 1180. The van der Waals surface area contributed by atoms with Gasteiger partial charge in [-0.15, -0.1) is 0 Å². The molecule has 8 nitrogen and oxygen atoms in total. The zero-order chi connectivity index (χ0) is 22.5. The molecule has 0 spiro atoms. The van der Waals surface area contributed by atoms with Crippen LogP contribution in [-0.2, 0) is 17.8 Å². The molecule has 2 aromatic carbocycles. The maximum atomic E-state index is 12.8. The van der Waals surface area contributed by atoms with Crippen molar-refractivity contribution in [2.45, 2.75) is 13.1 Å². The molecule has 1 aliphatic rings. The van der Waals surface area contributed by atoms with Crippen LogP contribution in [0.3, 0.4) is 0 Å². The summed E-state index contributed by atoms with van der Waals surface area (Å²) in [5, 5.41) is 4.65. The lowest BCUT2D eigenvalue weighted by molar-refractivity contribution is 0.174. The van der Waals surface area contributed by atoms with Gasteiger partial charge in [0.1, 0.15) is 5.75 Å². The fourth-order valence-electron chi connectivity index (χ4n) is 3.51. The summed E-state index contributed by atoms with van der Waals surface area (Å²) >= 11 is 5.63. The Balaban J connectivity index is 1.60. The number of aromatic amines is 1. The van der Waals surface area contributed by atoms with E-state index < -0.39 is 0 Å². The van der Waals surface area contributed by atoms with Gasteiger partial charge in [0.05, 0.1) is 25.8 Å². The molecule has 0 atom stereocenters. The van der Waals surface area contributed by atoms with Crippen LogP contribution in [0, 0.1) is 0 Å². The maximum Gasteiger partial charge on any atom is 0.253 e. The Labute approximate surface area is 191 Å². The van der Waals surface area contributed by atoms with E-state index in [1.807, 2.05) is 47.4 Å². The quantitative estimate of drug-likeness (QED) is 0.396. The monoisotopic (exact) mass is 455 g/mol. The van der Waals surface area contributed by atoms with Crippen LogP contribution < -0.4 is 25.1 Å². The molecular formula is C23H25N3O5S. The molecule has 0 fully saturated rings. The van der Waals surface area contributed by atoms with Gasteiger partial charge in [0.2, 0.25) is 6.79 Å². The lowest BCUT2D eigenvalue weighted by Crippen LogP contribution is -2.41. The van der Waals surface area contributed by atoms with Crippen molar-refractivity contribution in [2.24, 2.45) is 0 Å². The Morgan fingerprint density at radius 2 is 1.97 bits per heavy atom. The van der Waals surface area contributed by atoms with Gasteiger partial charge in [-0.1, -0.05) is 6.07 Å². The van der Waals surface area contributed by atoms with E-state index >= 15 is 0 Å². The summed E-state index contributed by atoms with van der Waals surface area (Å²) in [7, 11) is 3.23.